The van der Waals surface area contributed by atoms with Gasteiger partial charge in [0, 0.05) is 12.1 Å². The van der Waals surface area contributed by atoms with Crippen LogP contribution in [0.1, 0.15) is 30.6 Å². The first-order chi connectivity index (χ1) is 9.88. The lowest BCUT2D eigenvalue weighted by Gasteiger charge is -2.15. The quantitative estimate of drug-likeness (QED) is 0.785. The van der Waals surface area contributed by atoms with Gasteiger partial charge in [-0.25, -0.2) is 0 Å². The van der Waals surface area contributed by atoms with Crippen LogP contribution in [0.4, 0.5) is 0 Å². The van der Waals surface area contributed by atoms with Crippen molar-refractivity contribution in [2.75, 3.05) is 20.8 Å². The van der Waals surface area contributed by atoms with Gasteiger partial charge in [0.1, 0.15) is 16.0 Å². The molecule has 0 aromatic heterocycles. The van der Waals surface area contributed by atoms with Crippen molar-refractivity contribution >= 4 is 21.8 Å². The van der Waals surface area contributed by atoms with Gasteiger partial charge in [-0.05, 0) is 40.4 Å². The maximum absolute atomic E-state index is 12.1. The molecule has 0 fully saturated rings. The van der Waals surface area contributed by atoms with Gasteiger partial charge >= 0.3 is 0 Å². The summed E-state index contributed by atoms with van der Waals surface area (Å²) in [5.41, 5.74) is 0.420. The summed E-state index contributed by atoms with van der Waals surface area (Å²) < 4.78 is 11.1. The molecular formula is C15H22BrNO4. The van der Waals surface area contributed by atoms with E-state index in [0.717, 1.165) is 0 Å². The third-order valence-corrected chi connectivity index (χ3v) is 3.73. The second-order valence-electron chi connectivity index (χ2n) is 5.19. The minimum Gasteiger partial charge on any atom is -0.495 e. The summed E-state index contributed by atoms with van der Waals surface area (Å²) in [7, 11) is 3.04. The van der Waals surface area contributed by atoms with E-state index in [9.17, 15) is 9.90 Å². The molecule has 1 aromatic rings. The summed E-state index contributed by atoms with van der Waals surface area (Å²) >= 11 is 3.35. The second-order valence-corrected chi connectivity index (χ2v) is 5.98. The number of carbonyl (C=O) groups is 1. The van der Waals surface area contributed by atoms with E-state index in [2.05, 4.69) is 21.2 Å². The summed E-state index contributed by atoms with van der Waals surface area (Å²) in [6.07, 6.45) is 0.0981. The molecule has 21 heavy (non-hydrogen) atoms. The zero-order valence-electron chi connectivity index (χ0n) is 12.8. The first kappa shape index (κ1) is 17.8. The van der Waals surface area contributed by atoms with Crippen LogP contribution in [0.2, 0.25) is 0 Å². The number of aliphatic hydroxyl groups is 1. The molecule has 0 aliphatic carbocycles. The van der Waals surface area contributed by atoms with E-state index < -0.39 is 6.10 Å². The Morgan fingerprint density at radius 3 is 2.24 bits per heavy atom. The van der Waals surface area contributed by atoms with E-state index in [1.165, 1.54) is 14.2 Å². The van der Waals surface area contributed by atoms with Gasteiger partial charge in [-0.2, -0.15) is 0 Å². The highest BCUT2D eigenvalue weighted by Crippen LogP contribution is 2.35. The Morgan fingerprint density at radius 1 is 1.29 bits per heavy atom. The van der Waals surface area contributed by atoms with Crippen molar-refractivity contribution in [3.63, 3.8) is 0 Å². The molecule has 6 heteroatoms. The Labute approximate surface area is 133 Å². The molecule has 1 rings (SSSR count). The summed E-state index contributed by atoms with van der Waals surface area (Å²) in [5, 5.41) is 12.5. The number of hydrogen-bond donors (Lipinski definition) is 2. The first-order valence-electron chi connectivity index (χ1n) is 6.76. The summed E-state index contributed by atoms with van der Waals surface area (Å²) in [5.74, 6) is 1.14. The van der Waals surface area contributed by atoms with Gasteiger partial charge in [-0.1, -0.05) is 13.8 Å². The number of methoxy groups -OCH3 is 2. The van der Waals surface area contributed by atoms with Crippen LogP contribution in [0.15, 0.2) is 16.6 Å². The Bertz CT molecular complexity index is 466. The molecule has 1 aromatic carbocycles. The number of ether oxygens (including phenoxy) is 2. The zero-order chi connectivity index (χ0) is 16.0. The SMILES string of the molecule is COc1cc(C(=O)NCC(O)CC(C)C)cc(OC)c1Br. The number of amides is 1. The van der Waals surface area contributed by atoms with Gasteiger partial charge in [0.25, 0.3) is 5.91 Å². The van der Waals surface area contributed by atoms with Crippen molar-refractivity contribution in [2.45, 2.75) is 26.4 Å². The Kier molecular flexibility index (Phi) is 6.98. The lowest BCUT2D eigenvalue weighted by Crippen LogP contribution is -2.32. The molecule has 0 aliphatic heterocycles. The number of nitrogens with one attached hydrogen (secondary N) is 1. The fraction of sp³-hybridized carbons (Fsp3) is 0.533. The topological polar surface area (TPSA) is 67.8 Å². The zero-order valence-corrected chi connectivity index (χ0v) is 14.4. The van der Waals surface area contributed by atoms with E-state index in [1.807, 2.05) is 13.8 Å². The molecule has 1 unspecified atom stereocenters. The normalized spacial score (nSPS) is 12.1. The number of rotatable bonds is 7. The van der Waals surface area contributed by atoms with Gasteiger partial charge in [0.15, 0.2) is 0 Å². The fourth-order valence-electron chi connectivity index (χ4n) is 1.94. The molecular weight excluding hydrogens is 338 g/mol. The minimum absolute atomic E-state index is 0.220. The Balaban J connectivity index is 2.78. The number of benzene rings is 1. The Morgan fingerprint density at radius 2 is 1.81 bits per heavy atom. The number of hydrogen-bond acceptors (Lipinski definition) is 4. The van der Waals surface area contributed by atoms with Crippen LogP contribution in [0.25, 0.3) is 0 Å². The van der Waals surface area contributed by atoms with Gasteiger partial charge < -0.3 is 19.9 Å². The van der Waals surface area contributed by atoms with Crippen LogP contribution in [-0.2, 0) is 0 Å². The monoisotopic (exact) mass is 359 g/mol. The van der Waals surface area contributed by atoms with Crippen molar-refractivity contribution in [3.8, 4) is 11.5 Å². The van der Waals surface area contributed by atoms with Crippen molar-refractivity contribution in [1.82, 2.24) is 5.32 Å². The third kappa shape index (κ3) is 5.21. The van der Waals surface area contributed by atoms with Crippen molar-refractivity contribution in [1.29, 1.82) is 0 Å². The summed E-state index contributed by atoms with van der Waals surface area (Å²) in [4.78, 5) is 12.1. The van der Waals surface area contributed by atoms with Crippen LogP contribution in [0.3, 0.4) is 0 Å². The van der Waals surface area contributed by atoms with Crippen LogP contribution < -0.4 is 14.8 Å². The molecule has 118 valence electrons. The highest BCUT2D eigenvalue weighted by molar-refractivity contribution is 9.10. The number of halogens is 1. The average molecular weight is 360 g/mol. The lowest BCUT2D eigenvalue weighted by atomic mass is 10.1. The summed E-state index contributed by atoms with van der Waals surface area (Å²) in [6, 6.07) is 3.24. The van der Waals surface area contributed by atoms with Crippen molar-refractivity contribution in [2.24, 2.45) is 5.92 Å². The van der Waals surface area contributed by atoms with Crippen molar-refractivity contribution < 1.29 is 19.4 Å². The molecule has 2 N–H and O–H groups in total. The molecule has 5 nitrogen and oxygen atoms in total. The molecule has 0 aliphatic rings. The van der Waals surface area contributed by atoms with E-state index in [0.29, 0.717) is 33.9 Å². The van der Waals surface area contributed by atoms with E-state index in [1.54, 1.807) is 12.1 Å². The first-order valence-corrected chi connectivity index (χ1v) is 7.56. The average Bonchev–Trinajstić information content (AvgIpc) is 2.44. The fourth-order valence-corrected chi connectivity index (χ4v) is 2.49. The predicted molar refractivity (Wildman–Crippen MR) is 85.0 cm³/mol. The van der Waals surface area contributed by atoms with Gasteiger partial charge in [-0.15, -0.1) is 0 Å². The molecule has 1 atom stereocenters. The van der Waals surface area contributed by atoms with Crippen LogP contribution in [0.5, 0.6) is 11.5 Å². The number of aliphatic hydroxyl groups excluding tert-OH is 1. The van der Waals surface area contributed by atoms with Crippen LogP contribution in [0, 0.1) is 5.92 Å². The molecule has 0 bridgehead atoms. The second kappa shape index (κ2) is 8.24. The highest BCUT2D eigenvalue weighted by Gasteiger charge is 2.15. The molecule has 1 amide bonds. The predicted octanol–water partition coefficient (Wildman–Crippen LogP) is 2.60. The molecule has 0 saturated heterocycles. The van der Waals surface area contributed by atoms with Crippen LogP contribution >= 0.6 is 15.9 Å². The molecule has 0 saturated carbocycles. The maximum atomic E-state index is 12.1. The molecule has 0 radical (unpaired) electrons. The summed E-state index contributed by atoms with van der Waals surface area (Å²) in [6.45, 7) is 4.27. The third-order valence-electron chi connectivity index (χ3n) is 2.95. The van der Waals surface area contributed by atoms with Gasteiger partial charge in [-0.3, -0.25) is 4.79 Å². The van der Waals surface area contributed by atoms with E-state index in [4.69, 9.17) is 9.47 Å². The largest absolute Gasteiger partial charge is 0.495 e. The van der Waals surface area contributed by atoms with E-state index >= 15 is 0 Å². The smallest absolute Gasteiger partial charge is 0.251 e. The van der Waals surface area contributed by atoms with Crippen molar-refractivity contribution in [3.05, 3.63) is 22.2 Å². The lowest BCUT2D eigenvalue weighted by molar-refractivity contribution is 0.0899. The van der Waals surface area contributed by atoms with Gasteiger partial charge in [0.2, 0.25) is 0 Å². The molecule has 0 heterocycles. The molecule has 0 spiro atoms. The standard InChI is InChI=1S/C15H22BrNO4/c1-9(2)5-11(18)8-17-15(19)10-6-12(20-3)14(16)13(7-10)21-4/h6-7,9,11,18H,5,8H2,1-4H3,(H,17,19). The maximum Gasteiger partial charge on any atom is 0.251 e. The highest BCUT2D eigenvalue weighted by atomic mass is 79.9. The number of carbonyl (C=O) groups excluding carboxylic acids is 1. The Hall–Kier alpha value is -1.27. The van der Waals surface area contributed by atoms with Crippen LogP contribution in [-0.4, -0.2) is 37.9 Å². The van der Waals surface area contributed by atoms with Gasteiger partial charge in [0.05, 0.1) is 20.3 Å². The van der Waals surface area contributed by atoms with E-state index in [-0.39, 0.29) is 12.5 Å². The minimum atomic E-state index is -0.548.